The standard InChI is InChI=1S/C13H10N2/c1-10-6-7-13(15-9-10)12-5-3-2-4-11(12)8-14/h2-7,9H,1H3. The topological polar surface area (TPSA) is 36.7 Å². The number of pyridine rings is 1. The summed E-state index contributed by atoms with van der Waals surface area (Å²) in [7, 11) is 0. The number of benzene rings is 1. The lowest BCUT2D eigenvalue weighted by Gasteiger charge is -2.02. The van der Waals surface area contributed by atoms with Gasteiger partial charge in [0, 0.05) is 11.8 Å². The van der Waals surface area contributed by atoms with Gasteiger partial charge in [0.2, 0.25) is 0 Å². The van der Waals surface area contributed by atoms with E-state index in [9.17, 15) is 0 Å². The molecule has 0 amide bonds. The second kappa shape index (κ2) is 3.93. The van der Waals surface area contributed by atoms with Gasteiger partial charge in [-0.3, -0.25) is 4.98 Å². The molecule has 0 atom stereocenters. The molecule has 1 aromatic carbocycles. The first-order valence-corrected chi connectivity index (χ1v) is 4.73. The molecule has 0 fully saturated rings. The number of hydrogen-bond donors (Lipinski definition) is 0. The SMILES string of the molecule is Cc1ccc(-c2ccccc2C#N)nc1. The molecule has 2 aromatic rings. The van der Waals surface area contributed by atoms with Crippen LogP contribution in [0.2, 0.25) is 0 Å². The van der Waals surface area contributed by atoms with Crippen molar-refractivity contribution in [3.05, 3.63) is 53.7 Å². The fourth-order valence-electron chi connectivity index (χ4n) is 1.43. The van der Waals surface area contributed by atoms with Crippen molar-refractivity contribution in [2.24, 2.45) is 0 Å². The van der Waals surface area contributed by atoms with E-state index in [0.29, 0.717) is 5.56 Å². The van der Waals surface area contributed by atoms with Crippen molar-refractivity contribution < 1.29 is 0 Å². The first-order chi connectivity index (χ1) is 7.31. The molecular weight excluding hydrogens is 184 g/mol. The summed E-state index contributed by atoms with van der Waals surface area (Å²) < 4.78 is 0. The number of hydrogen-bond acceptors (Lipinski definition) is 2. The van der Waals surface area contributed by atoms with E-state index in [2.05, 4.69) is 11.1 Å². The van der Waals surface area contributed by atoms with E-state index in [-0.39, 0.29) is 0 Å². The van der Waals surface area contributed by atoms with Crippen LogP contribution in [0.5, 0.6) is 0 Å². The van der Waals surface area contributed by atoms with Crippen molar-refractivity contribution in [2.75, 3.05) is 0 Å². The lowest BCUT2D eigenvalue weighted by atomic mass is 10.0. The van der Waals surface area contributed by atoms with Gasteiger partial charge >= 0.3 is 0 Å². The first kappa shape index (κ1) is 9.42. The molecular formula is C13H10N2. The number of nitriles is 1. The Balaban J connectivity index is 2.55. The number of aryl methyl sites for hydroxylation is 1. The fraction of sp³-hybridized carbons (Fsp3) is 0.0769. The fourth-order valence-corrected chi connectivity index (χ4v) is 1.43. The molecule has 2 nitrogen and oxygen atoms in total. The Morgan fingerprint density at radius 2 is 1.93 bits per heavy atom. The molecule has 0 saturated carbocycles. The highest BCUT2D eigenvalue weighted by molar-refractivity contribution is 5.67. The molecule has 0 aliphatic heterocycles. The van der Waals surface area contributed by atoms with Gasteiger partial charge in [-0.05, 0) is 24.6 Å². The third-order valence-corrected chi connectivity index (χ3v) is 2.23. The molecule has 15 heavy (non-hydrogen) atoms. The van der Waals surface area contributed by atoms with Gasteiger partial charge in [-0.25, -0.2) is 0 Å². The van der Waals surface area contributed by atoms with Crippen LogP contribution in [0.25, 0.3) is 11.3 Å². The monoisotopic (exact) mass is 194 g/mol. The van der Waals surface area contributed by atoms with Gasteiger partial charge in [0.25, 0.3) is 0 Å². The molecule has 2 heteroatoms. The highest BCUT2D eigenvalue weighted by Crippen LogP contribution is 2.20. The van der Waals surface area contributed by atoms with Crippen LogP contribution in [0.15, 0.2) is 42.6 Å². The Morgan fingerprint density at radius 1 is 1.13 bits per heavy atom. The summed E-state index contributed by atoms with van der Waals surface area (Å²) in [6, 6.07) is 13.6. The van der Waals surface area contributed by atoms with Gasteiger partial charge < -0.3 is 0 Å². The minimum Gasteiger partial charge on any atom is -0.256 e. The maximum absolute atomic E-state index is 8.96. The van der Waals surface area contributed by atoms with Crippen LogP contribution >= 0.6 is 0 Å². The maximum atomic E-state index is 8.96. The van der Waals surface area contributed by atoms with Crippen molar-refractivity contribution >= 4 is 0 Å². The zero-order chi connectivity index (χ0) is 10.7. The second-order valence-electron chi connectivity index (χ2n) is 3.38. The number of nitrogens with zero attached hydrogens (tertiary/aromatic N) is 2. The van der Waals surface area contributed by atoms with E-state index in [0.717, 1.165) is 16.8 Å². The zero-order valence-corrected chi connectivity index (χ0v) is 8.44. The van der Waals surface area contributed by atoms with E-state index in [1.165, 1.54) is 0 Å². The van der Waals surface area contributed by atoms with E-state index < -0.39 is 0 Å². The Hall–Kier alpha value is -2.14. The van der Waals surface area contributed by atoms with Crippen LogP contribution in [-0.2, 0) is 0 Å². The summed E-state index contributed by atoms with van der Waals surface area (Å²) in [6.45, 7) is 1.99. The molecule has 0 saturated heterocycles. The number of aromatic nitrogens is 1. The second-order valence-corrected chi connectivity index (χ2v) is 3.38. The molecule has 1 heterocycles. The summed E-state index contributed by atoms with van der Waals surface area (Å²) in [5, 5.41) is 8.96. The lowest BCUT2D eigenvalue weighted by molar-refractivity contribution is 1.27. The third-order valence-electron chi connectivity index (χ3n) is 2.23. The number of rotatable bonds is 1. The van der Waals surface area contributed by atoms with Gasteiger partial charge in [-0.15, -0.1) is 0 Å². The quantitative estimate of drug-likeness (QED) is 0.699. The zero-order valence-electron chi connectivity index (χ0n) is 8.44. The molecule has 0 radical (unpaired) electrons. The molecule has 0 spiro atoms. The molecule has 0 bridgehead atoms. The smallest absolute Gasteiger partial charge is 0.0998 e. The van der Waals surface area contributed by atoms with Crippen molar-refractivity contribution in [1.29, 1.82) is 5.26 Å². The van der Waals surface area contributed by atoms with Crippen LogP contribution in [0.3, 0.4) is 0 Å². The Bertz CT molecular complexity index is 507. The van der Waals surface area contributed by atoms with Crippen molar-refractivity contribution in [1.82, 2.24) is 4.98 Å². The van der Waals surface area contributed by atoms with Crippen LogP contribution in [-0.4, -0.2) is 4.98 Å². The van der Waals surface area contributed by atoms with Crippen LogP contribution in [0.4, 0.5) is 0 Å². The summed E-state index contributed by atoms with van der Waals surface area (Å²) >= 11 is 0. The summed E-state index contributed by atoms with van der Waals surface area (Å²) in [4.78, 5) is 4.31. The Morgan fingerprint density at radius 3 is 2.60 bits per heavy atom. The third kappa shape index (κ3) is 1.87. The lowest BCUT2D eigenvalue weighted by Crippen LogP contribution is -1.87. The average molecular weight is 194 g/mol. The predicted molar refractivity (Wildman–Crippen MR) is 59.1 cm³/mol. The van der Waals surface area contributed by atoms with E-state index in [4.69, 9.17) is 5.26 Å². The van der Waals surface area contributed by atoms with Gasteiger partial charge in [0.05, 0.1) is 17.3 Å². The normalized spacial score (nSPS) is 9.60. The summed E-state index contributed by atoms with van der Waals surface area (Å²) in [5.74, 6) is 0. The van der Waals surface area contributed by atoms with Crippen molar-refractivity contribution in [3.63, 3.8) is 0 Å². The molecule has 1 aromatic heterocycles. The average Bonchev–Trinajstić information content (AvgIpc) is 2.30. The van der Waals surface area contributed by atoms with Gasteiger partial charge in [0.15, 0.2) is 0 Å². The molecule has 0 aliphatic rings. The molecule has 0 N–H and O–H groups in total. The largest absolute Gasteiger partial charge is 0.256 e. The highest BCUT2D eigenvalue weighted by atomic mass is 14.7. The minimum atomic E-state index is 0.661. The van der Waals surface area contributed by atoms with Crippen LogP contribution < -0.4 is 0 Å². The molecule has 2 rings (SSSR count). The first-order valence-electron chi connectivity index (χ1n) is 4.73. The molecule has 72 valence electrons. The predicted octanol–water partition coefficient (Wildman–Crippen LogP) is 2.93. The molecule has 0 unspecified atom stereocenters. The highest BCUT2D eigenvalue weighted by Gasteiger charge is 2.03. The Kier molecular flexibility index (Phi) is 2.47. The van der Waals surface area contributed by atoms with Crippen LogP contribution in [0, 0.1) is 18.3 Å². The maximum Gasteiger partial charge on any atom is 0.0998 e. The minimum absolute atomic E-state index is 0.661. The van der Waals surface area contributed by atoms with Crippen LogP contribution in [0.1, 0.15) is 11.1 Å². The van der Waals surface area contributed by atoms with E-state index >= 15 is 0 Å². The van der Waals surface area contributed by atoms with Gasteiger partial charge in [0.1, 0.15) is 0 Å². The van der Waals surface area contributed by atoms with E-state index in [1.54, 1.807) is 6.07 Å². The summed E-state index contributed by atoms with van der Waals surface area (Å²) in [6.07, 6.45) is 1.81. The van der Waals surface area contributed by atoms with E-state index in [1.807, 2.05) is 43.5 Å². The van der Waals surface area contributed by atoms with Crippen molar-refractivity contribution in [3.8, 4) is 17.3 Å². The Labute approximate surface area is 88.8 Å². The summed E-state index contributed by atoms with van der Waals surface area (Å²) in [5.41, 5.74) is 3.51. The van der Waals surface area contributed by atoms with Gasteiger partial charge in [-0.1, -0.05) is 24.3 Å². The van der Waals surface area contributed by atoms with Crippen molar-refractivity contribution in [2.45, 2.75) is 6.92 Å². The van der Waals surface area contributed by atoms with Gasteiger partial charge in [-0.2, -0.15) is 5.26 Å². The molecule has 0 aliphatic carbocycles.